The van der Waals surface area contributed by atoms with Crippen LogP contribution in [0.3, 0.4) is 0 Å². The van der Waals surface area contributed by atoms with E-state index in [0.29, 0.717) is 41.8 Å². The number of nitrogens with zero attached hydrogens (tertiary/aromatic N) is 4. The SMILES string of the molecule is CCC(=O)N1CCC(c2ccc(Nc3cc(NCc4ncccn4)c(C(N)=O)cn3)cc2)CC1. The molecule has 0 saturated carbocycles. The van der Waals surface area contributed by atoms with Crippen molar-refractivity contribution in [3.05, 3.63) is 71.9 Å². The van der Waals surface area contributed by atoms with Crippen molar-refractivity contribution in [3.8, 4) is 0 Å². The summed E-state index contributed by atoms with van der Waals surface area (Å²) in [6.07, 6.45) is 7.31. The van der Waals surface area contributed by atoms with E-state index in [1.54, 1.807) is 24.5 Å². The lowest BCUT2D eigenvalue weighted by molar-refractivity contribution is -0.131. The Bertz CT molecular complexity index is 1130. The summed E-state index contributed by atoms with van der Waals surface area (Å²) in [4.78, 5) is 38.4. The van der Waals surface area contributed by atoms with E-state index in [2.05, 4.69) is 37.7 Å². The number of rotatable bonds is 8. The molecule has 1 aromatic carbocycles. The summed E-state index contributed by atoms with van der Waals surface area (Å²) in [5, 5.41) is 6.45. The molecule has 1 aliphatic rings. The maximum Gasteiger partial charge on any atom is 0.252 e. The van der Waals surface area contributed by atoms with Gasteiger partial charge in [-0.2, -0.15) is 0 Å². The monoisotopic (exact) mass is 459 g/mol. The maximum absolute atomic E-state index is 11.9. The normalized spacial score (nSPS) is 14.0. The molecule has 0 atom stereocenters. The zero-order chi connectivity index (χ0) is 23.9. The molecule has 9 heteroatoms. The third-order valence-electron chi connectivity index (χ3n) is 6.03. The van der Waals surface area contributed by atoms with Gasteiger partial charge in [-0.3, -0.25) is 9.59 Å². The molecule has 0 spiro atoms. The van der Waals surface area contributed by atoms with Gasteiger partial charge in [-0.05, 0) is 42.5 Å². The van der Waals surface area contributed by atoms with Gasteiger partial charge in [0, 0.05) is 49.9 Å². The minimum Gasteiger partial charge on any atom is -0.377 e. The molecule has 3 heterocycles. The number of nitrogens with two attached hydrogens (primary N) is 1. The molecule has 34 heavy (non-hydrogen) atoms. The average molecular weight is 460 g/mol. The maximum atomic E-state index is 11.9. The van der Waals surface area contributed by atoms with Crippen molar-refractivity contribution in [2.75, 3.05) is 23.7 Å². The standard InChI is InChI=1S/C25H29N7O2/c1-2-24(33)32-12-8-18(9-13-32)17-4-6-19(7-5-17)31-22-14-21(20(15-30-22)25(26)34)29-16-23-27-10-3-11-28-23/h3-7,10-11,14-15,18H,2,8-9,12-13,16H2,1H3,(H2,26,34)(H2,29,30,31). The number of nitrogens with one attached hydrogen (secondary N) is 2. The Morgan fingerprint density at radius 1 is 1.09 bits per heavy atom. The molecule has 0 radical (unpaired) electrons. The zero-order valence-corrected chi connectivity index (χ0v) is 19.2. The Balaban J connectivity index is 1.41. The van der Waals surface area contributed by atoms with Gasteiger partial charge in [0.1, 0.15) is 11.6 Å². The number of amides is 2. The molecule has 3 aromatic rings. The number of carbonyl (C=O) groups is 2. The highest BCUT2D eigenvalue weighted by atomic mass is 16.2. The van der Waals surface area contributed by atoms with Gasteiger partial charge in [-0.25, -0.2) is 15.0 Å². The minimum atomic E-state index is -0.563. The molecule has 2 aromatic heterocycles. The highest BCUT2D eigenvalue weighted by Gasteiger charge is 2.22. The van der Waals surface area contributed by atoms with Crippen molar-refractivity contribution >= 4 is 29.0 Å². The Morgan fingerprint density at radius 2 is 1.79 bits per heavy atom. The number of primary amides is 1. The lowest BCUT2D eigenvalue weighted by Gasteiger charge is -2.32. The number of carbonyl (C=O) groups excluding carboxylic acids is 2. The predicted molar refractivity (Wildman–Crippen MR) is 131 cm³/mol. The first-order chi connectivity index (χ1) is 16.5. The van der Waals surface area contributed by atoms with Crippen LogP contribution in [0.5, 0.6) is 0 Å². The van der Waals surface area contributed by atoms with Gasteiger partial charge in [0.25, 0.3) is 5.91 Å². The first-order valence-electron chi connectivity index (χ1n) is 11.5. The Hall–Kier alpha value is -4.01. The fourth-order valence-corrected chi connectivity index (χ4v) is 4.13. The van der Waals surface area contributed by atoms with E-state index in [4.69, 9.17) is 5.73 Å². The number of pyridine rings is 1. The average Bonchev–Trinajstić information content (AvgIpc) is 2.88. The van der Waals surface area contributed by atoms with E-state index in [9.17, 15) is 9.59 Å². The van der Waals surface area contributed by atoms with Gasteiger partial charge in [-0.15, -0.1) is 0 Å². The lowest BCUT2D eigenvalue weighted by Crippen LogP contribution is -2.37. The van der Waals surface area contributed by atoms with E-state index in [1.165, 1.54) is 11.8 Å². The quantitative estimate of drug-likeness (QED) is 0.471. The molecule has 1 aliphatic heterocycles. The Morgan fingerprint density at radius 3 is 2.44 bits per heavy atom. The molecule has 1 fully saturated rings. The third kappa shape index (κ3) is 5.67. The number of anilines is 3. The van der Waals surface area contributed by atoms with Crippen molar-refractivity contribution in [1.29, 1.82) is 0 Å². The summed E-state index contributed by atoms with van der Waals surface area (Å²) in [5.74, 6) is 1.31. The molecule has 0 aliphatic carbocycles. The second-order valence-electron chi connectivity index (χ2n) is 8.25. The van der Waals surface area contributed by atoms with Gasteiger partial charge in [0.15, 0.2) is 0 Å². The van der Waals surface area contributed by atoms with Crippen LogP contribution in [0.1, 0.15) is 53.8 Å². The molecule has 2 amide bonds. The molecular weight excluding hydrogens is 430 g/mol. The Kier molecular flexibility index (Phi) is 7.31. The van der Waals surface area contributed by atoms with Crippen LogP contribution in [0.25, 0.3) is 0 Å². The lowest BCUT2D eigenvalue weighted by atomic mass is 9.89. The predicted octanol–water partition coefficient (Wildman–Crippen LogP) is 3.44. The van der Waals surface area contributed by atoms with Crippen LogP contribution in [0.4, 0.5) is 17.2 Å². The number of benzene rings is 1. The van der Waals surface area contributed by atoms with E-state index in [0.717, 1.165) is 31.6 Å². The zero-order valence-electron chi connectivity index (χ0n) is 19.2. The summed E-state index contributed by atoms with van der Waals surface area (Å²) in [6.45, 7) is 3.89. The fourth-order valence-electron chi connectivity index (χ4n) is 4.13. The Labute approximate surface area is 198 Å². The summed E-state index contributed by atoms with van der Waals surface area (Å²) in [6, 6.07) is 11.8. The second kappa shape index (κ2) is 10.7. The van der Waals surface area contributed by atoms with Gasteiger partial charge < -0.3 is 21.3 Å². The van der Waals surface area contributed by atoms with Crippen LogP contribution in [0, 0.1) is 0 Å². The molecule has 1 saturated heterocycles. The van der Waals surface area contributed by atoms with Crippen LogP contribution in [-0.4, -0.2) is 44.8 Å². The number of likely N-dealkylation sites (tertiary alicyclic amines) is 1. The van der Waals surface area contributed by atoms with Crippen LogP contribution in [-0.2, 0) is 11.3 Å². The molecule has 0 unspecified atom stereocenters. The van der Waals surface area contributed by atoms with Crippen LogP contribution >= 0.6 is 0 Å². The van der Waals surface area contributed by atoms with Crippen molar-refractivity contribution in [1.82, 2.24) is 19.9 Å². The van der Waals surface area contributed by atoms with Crippen molar-refractivity contribution in [2.45, 2.75) is 38.6 Å². The van der Waals surface area contributed by atoms with Crippen molar-refractivity contribution in [3.63, 3.8) is 0 Å². The second-order valence-corrected chi connectivity index (χ2v) is 8.25. The first-order valence-corrected chi connectivity index (χ1v) is 11.5. The summed E-state index contributed by atoms with van der Waals surface area (Å²) in [5.41, 5.74) is 8.53. The summed E-state index contributed by atoms with van der Waals surface area (Å²) in [7, 11) is 0. The molecule has 4 rings (SSSR count). The van der Waals surface area contributed by atoms with E-state index in [-0.39, 0.29) is 5.91 Å². The first kappa shape index (κ1) is 23.2. The number of aromatic nitrogens is 3. The van der Waals surface area contributed by atoms with E-state index < -0.39 is 5.91 Å². The number of piperidine rings is 1. The van der Waals surface area contributed by atoms with Crippen LogP contribution in [0.15, 0.2) is 55.0 Å². The van der Waals surface area contributed by atoms with Crippen molar-refractivity contribution in [2.24, 2.45) is 5.73 Å². The molecule has 9 nitrogen and oxygen atoms in total. The van der Waals surface area contributed by atoms with Crippen molar-refractivity contribution < 1.29 is 9.59 Å². The van der Waals surface area contributed by atoms with Crippen LogP contribution < -0.4 is 16.4 Å². The minimum absolute atomic E-state index is 0.234. The van der Waals surface area contributed by atoms with Gasteiger partial charge >= 0.3 is 0 Å². The smallest absolute Gasteiger partial charge is 0.252 e. The summed E-state index contributed by atoms with van der Waals surface area (Å²) < 4.78 is 0. The highest BCUT2D eigenvalue weighted by Crippen LogP contribution is 2.30. The van der Waals surface area contributed by atoms with E-state index in [1.807, 2.05) is 24.0 Å². The third-order valence-corrected chi connectivity index (χ3v) is 6.03. The fraction of sp³-hybridized carbons (Fsp3) is 0.320. The molecule has 0 bridgehead atoms. The topological polar surface area (TPSA) is 126 Å². The highest BCUT2D eigenvalue weighted by molar-refractivity contribution is 5.98. The molecule has 4 N–H and O–H groups in total. The van der Waals surface area contributed by atoms with E-state index >= 15 is 0 Å². The largest absolute Gasteiger partial charge is 0.377 e. The summed E-state index contributed by atoms with van der Waals surface area (Å²) >= 11 is 0. The van der Waals surface area contributed by atoms with Gasteiger partial charge in [0.05, 0.1) is 17.8 Å². The van der Waals surface area contributed by atoms with Gasteiger partial charge in [0.2, 0.25) is 5.91 Å². The number of hydrogen-bond acceptors (Lipinski definition) is 7. The molecular formula is C25H29N7O2. The number of hydrogen-bond donors (Lipinski definition) is 3. The molecule has 176 valence electrons. The van der Waals surface area contributed by atoms with Gasteiger partial charge in [-0.1, -0.05) is 19.1 Å². The van der Waals surface area contributed by atoms with Crippen LogP contribution in [0.2, 0.25) is 0 Å².